The van der Waals surface area contributed by atoms with E-state index in [9.17, 15) is 8.78 Å². The molecule has 1 heterocycles. The molecule has 1 aromatic heterocycles. The van der Waals surface area contributed by atoms with Crippen LogP contribution in [0.25, 0.3) is 0 Å². The Bertz CT molecular complexity index is 637. The number of hydrogen-bond acceptors (Lipinski definition) is 3. The zero-order valence-corrected chi connectivity index (χ0v) is 12.4. The first-order valence-electron chi connectivity index (χ1n) is 6.43. The van der Waals surface area contributed by atoms with Crippen LogP contribution >= 0.6 is 11.6 Å². The second kappa shape index (κ2) is 6.83. The summed E-state index contributed by atoms with van der Waals surface area (Å²) in [5.74, 6) is -0.688. The lowest BCUT2D eigenvalue weighted by Crippen LogP contribution is -2.23. The van der Waals surface area contributed by atoms with Gasteiger partial charge in [0.25, 0.3) is 0 Å². The van der Waals surface area contributed by atoms with Crippen LogP contribution in [0.1, 0.15) is 24.1 Å². The fourth-order valence-corrected chi connectivity index (χ4v) is 2.23. The molecule has 0 spiro atoms. The summed E-state index contributed by atoms with van der Waals surface area (Å²) in [6, 6.07) is 3.27. The number of nitrogens with one attached hydrogen (secondary N) is 1. The van der Waals surface area contributed by atoms with Gasteiger partial charge in [-0.2, -0.15) is 0 Å². The molecule has 6 heteroatoms. The fraction of sp³-hybridized carbons (Fsp3) is 0.267. The molecular weight excluding hydrogens is 298 g/mol. The van der Waals surface area contributed by atoms with E-state index in [2.05, 4.69) is 10.3 Å². The number of benzene rings is 1. The molecule has 0 aliphatic carbocycles. The first-order chi connectivity index (χ1) is 10.1. The summed E-state index contributed by atoms with van der Waals surface area (Å²) in [6.07, 6.45) is 3.13. The molecular formula is C15H15ClF2N2O. The highest BCUT2D eigenvalue weighted by molar-refractivity contribution is 6.30. The third-order valence-corrected chi connectivity index (χ3v) is 3.35. The monoisotopic (exact) mass is 312 g/mol. The molecule has 2 rings (SSSR count). The minimum absolute atomic E-state index is 0.175. The topological polar surface area (TPSA) is 34.2 Å². The first-order valence-corrected chi connectivity index (χ1v) is 6.81. The van der Waals surface area contributed by atoms with Crippen molar-refractivity contribution in [2.24, 2.45) is 0 Å². The van der Waals surface area contributed by atoms with Crippen molar-refractivity contribution >= 4 is 11.6 Å². The van der Waals surface area contributed by atoms with E-state index in [4.69, 9.17) is 16.3 Å². The Hall–Kier alpha value is -1.72. The molecule has 0 aliphatic heterocycles. The number of rotatable bonds is 5. The van der Waals surface area contributed by atoms with Crippen LogP contribution in [0.3, 0.4) is 0 Å². The SMILES string of the molecule is CCNC(c1cncc(OC)c1)c1cc(F)c(Cl)cc1F. The van der Waals surface area contributed by atoms with Gasteiger partial charge in [-0.3, -0.25) is 4.98 Å². The van der Waals surface area contributed by atoms with E-state index in [1.165, 1.54) is 7.11 Å². The van der Waals surface area contributed by atoms with Gasteiger partial charge in [-0.1, -0.05) is 18.5 Å². The van der Waals surface area contributed by atoms with Crippen LogP contribution < -0.4 is 10.1 Å². The lowest BCUT2D eigenvalue weighted by Gasteiger charge is -2.20. The van der Waals surface area contributed by atoms with Crippen LogP contribution in [0.5, 0.6) is 5.75 Å². The third-order valence-electron chi connectivity index (χ3n) is 3.06. The van der Waals surface area contributed by atoms with Gasteiger partial charge in [0.2, 0.25) is 0 Å². The molecule has 21 heavy (non-hydrogen) atoms. The zero-order valence-electron chi connectivity index (χ0n) is 11.7. The number of ether oxygens (including phenoxy) is 1. The molecule has 1 atom stereocenters. The first kappa shape index (κ1) is 15.7. The van der Waals surface area contributed by atoms with Crippen molar-refractivity contribution in [3.63, 3.8) is 0 Å². The van der Waals surface area contributed by atoms with Gasteiger partial charge in [0.05, 0.1) is 24.4 Å². The van der Waals surface area contributed by atoms with Crippen molar-refractivity contribution in [3.8, 4) is 5.75 Å². The Morgan fingerprint density at radius 3 is 2.67 bits per heavy atom. The molecule has 0 amide bonds. The molecule has 3 nitrogen and oxygen atoms in total. The van der Waals surface area contributed by atoms with Gasteiger partial charge in [-0.25, -0.2) is 8.78 Å². The number of methoxy groups -OCH3 is 1. The Morgan fingerprint density at radius 1 is 1.24 bits per heavy atom. The Labute approximate surface area is 126 Å². The van der Waals surface area contributed by atoms with Crippen molar-refractivity contribution in [3.05, 3.63) is 58.4 Å². The molecule has 112 valence electrons. The van der Waals surface area contributed by atoms with Crippen molar-refractivity contribution < 1.29 is 13.5 Å². The molecule has 0 saturated heterocycles. The van der Waals surface area contributed by atoms with Gasteiger partial charge in [0.15, 0.2) is 0 Å². The van der Waals surface area contributed by atoms with E-state index in [1.807, 2.05) is 6.92 Å². The molecule has 0 bridgehead atoms. The number of hydrogen-bond donors (Lipinski definition) is 1. The maximum atomic E-state index is 14.1. The van der Waals surface area contributed by atoms with Crippen molar-refractivity contribution in [2.75, 3.05) is 13.7 Å². The van der Waals surface area contributed by atoms with E-state index in [0.29, 0.717) is 17.9 Å². The van der Waals surface area contributed by atoms with Gasteiger partial charge in [0.1, 0.15) is 17.4 Å². The maximum absolute atomic E-state index is 14.1. The highest BCUT2D eigenvalue weighted by atomic mass is 35.5. The summed E-state index contributed by atoms with van der Waals surface area (Å²) in [4.78, 5) is 4.05. The molecule has 2 aromatic rings. The van der Waals surface area contributed by atoms with Crippen LogP contribution in [0.15, 0.2) is 30.6 Å². The number of halogens is 3. The average molecular weight is 313 g/mol. The van der Waals surface area contributed by atoms with Crippen molar-refractivity contribution in [1.82, 2.24) is 10.3 Å². The van der Waals surface area contributed by atoms with E-state index >= 15 is 0 Å². The van der Waals surface area contributed by atoms with Crippen LogP contribution in [0.2, 0.25) is 5.02 Å². The van der Waals surface area contributed by atoms with Crippen LogP contribution in [0.4, 0.5) is 8.78 Å². The Kier molecular flexibility index (Phi) is 5.09. The van der Waals surface area contributed by atoms with Gasteiger partial charge in [-0.15, -0.1) is 0 Å². The summed E-state index contributed by atoms with van der Waals surface area (Å²) in [5.41, 5.74) is 0.852. The summed E-state index contributed by atoms with van der Waals surface area (Å²) in [7, 11) is 1.52. The molecule has 0 saturated carbocycles. The number of pyridine rings is 1. The predicted molar refractivity (Wildman–Crippen MR) is 77.7 cm³/mol. The molecule has 1 N–H and O–H groups in total. The minimum atomic E-state index is -0.660. The van der Waals surface area contributed by atoms with Gasteiger partial charge >= 0.3 is 0 Å². The second-order valence-corrected chi connectivity index (χ2v) is 4.84. The maximum Gasteiger partial charge on any atom is 0.142 e. The smallest absolute Gasteiger partial charge is 0.142 e. The summed E-state index contributed by atoms with van der Waals surface area (Å²) < 4.78 is 32.9. The van der Waals surface area contributed by atoms with Crippen LogP contribution in [0, 0.1) is 11.6 Å². The zero-order chi connectivity index (χ0) is 15.4. The van der Waals surface area contributed by atoms with Crippen molar-refractivity contribution in [2.45, 2.75) is 13.0 Å². The van der Waals surface area contributed by atoms with Gasteiger partial charge in [0, 0.05) is 11.8 Å². The molecule has 0 radical (unpaired) electrons. The van der Waals surface area contributed by atoms with E-state index in [0.717, 1.165) is 12.1 Å². The summed E-state index contributed by atoms with van der Waals surface area (Å²) in [6.45, 7) is 2.45. The minimum Gasteiger partial charge on any atom is -0.495 e. The molecule has 1 aromatic carbocycles. The number of aromatic nitrogens is 1. The lowest BCUT2D eigenvalue weighted by atomic mass is 9.99. The molecule has 1 unspecified atom stereocenters. The largest absolute Gasteiger partial charge is 0.495 e. The van der Waals surface area contributed by atoms with Crippen LogP contribution in [-0.4, -0.2) is 18.6 Å². The summed E-state index contributed by atoms with van der Waals surface area (Å²) in [5, 5.41) is 2.87. The standard InChI is InChI=1S/C15H15ClF2N2O/c1-3-20-15(9-4-10(21-2)8-19-7-9)11-5-14(18)12(16)6-13(11)17/h4-8,15,20H,3H2,1-2H3. The highest BCUT2D eigenvalue weighted by Crippen LogP contribution is 2.29. The predicted octanol–water partition coefficient (Wildman–Crippen LogP) is 3.72. The summed E-state index contributed by atoms with van der Waals surface area (Å²) >= 11 is 5.59. The highest BCUT2D eigenvalue weighted by Gasteiger charge is 2.20. The van der Waals surface area contributed by atoms with Crippen LogP contribution in [-0.2, 0) is 0 Å². The average Bonchev–Trinajstić information content (AvgIpc) is 2.49. The van der Waals surface area contributed by atoms with E-state index in [-0.39, 0.29) is 10.6 Å². The third kappa shape index (κ3) is 3.49. The lowest BCUT2D eigenvalue weighted by molar-refractivity contribution is 0.411. The second-order valence-electron chi connectivity index (χ2n) is 4.44. The van der Waals surface area contributed by atoms with Gasteiger partial charge in [-0.05, 0) is 30.3 Å². The molecule has 0 fully saturated rings. The quantitative estimate of drug-likeness (QED) is 0.854. The number of nitrogens with zero attached hydrogens (tertiary/aromatic N) is 1. The fourth-order valence-electron chi connectivity index (χ4n) is 2.08. The Balaban J connectivity index is 2.50. The van der Waals surface area contributed by atoms with Crippen molar-refractivity contribution in [1.29, 1.82) is 0 Å². The van der Waals surface area contributed by atoms with E-state index < -0.39 is 17.7 Å². The van der Waals surface area contributed by atoms with Gasteiger partial charge < -0.3 is 10.1 Å². The Morgan fingerprint density at radius 2 is 2.00 bits per heavy atom. The van der Waals surface area contributed by atoms with E-state index in [1.54, 1.807) is 18.5 Å². The normalized spacial score (nSPS) is 12.2. The molecule has 0 aliphatic rings.